The quantitative estimate of drug-likeness (QED) is 0.733. The second-order valence-electron chi connectivity index (χ2n) is 6.45. The number of aryl methyl sites for hydroxylation is 2. The molecule has 2 aromatic carbocycles. The molecule has 110 valence electrons. The van der Waals surface area contributed by atoms with Crippen LogP contribution in [0.25, 0.3) is 12.2 Å². The smallest absolute Gasteiger partial charge is 0.0444 e. The lowest BCUT2D eigenvalue weighted by atomic mass is 10.0. The minimum Gasteiger partial charge on any atom is -0.344 e. The molecule has 0 unspecified atom stereocenters. The average molecular weight is 287 g/mol. The maximum absolute atomic E-state index is 2.35. The molecule has 0 spiro atoms. The van der Waals surface area contributed by atoms with E-state index < -0.39 is 0 Å². The van der Waals surface area contributed by atoms with Crippen molar-refractivity contribution in [2.45, 2.75) is 26.7 Å². The summed E-state index contributed by atoms with van der Waals surface area (Å²) in [6, 6.07) is 9.34. The number of anilines is 2. The van der Waals surface area contributed by atoms with E-state index in [9.17, 15) is 0 Å². The van der Waals surface area contributed by atoms with Crippen molar-refractivity contribution < 1.29 is 0 Å². The van der Waals surface area contributed by atoms with Crippen LogP contribution in [0, 0.1) is 13.8 Å². The van der Waals surface area contributed by atoms with Crippen molar-refractivity contribution in [3.63, 3.8) is 0 Å². The first kappa shape index (κ1) is 13.4. The van der Waals surface area contributed by atoms with Crippen molar-refractivity contribution >= 4 is 23.5 Å². The van der Waals surface area contributed by atoms with Gasteiger partial charge < -0.3 is 4.90 Å². The summed E-state index contributed by atoms with van der Waals surface area (Å²) in [5.41, 5.74) is 10.9. The van der Waals surface area contributed by atoms with Crippen molar-refractivity contribution in [1.82, 2.24) is 0 Å². The zero-order chi connectivity index (χ0) is 15.3. The normalized spacial score (nSPS) is 14.3. The Hall–Kier alpha value is -2.28. The fourth-order valence-corrected chi connectivity index (χ4v) is 3.68. The third-order valence-electron chi connectivity index (χ3n) is 4.91. The molecule has 2 aliphatic carbocycles. The predicted octanol–water partition coefficient (Wildman–Crippen LogP) is 5.21. The first-order valence-electron chi connectivity index (χ1n) is 7.97. The van der Waals surface area contributed by atoms with Crippen molar-refractivity contribution in [2.24, 2.45) is 0 Å². The Bertz CT molecular complexity index is 824. The molecule has 4 rings (SSSR count). The van der Waals surface area contributed by atoms with Crippen molar-refractivity contribution in [3.8, 4) is 0 Å². The summed E-state index contributed by atoms with van der Waals surface area (Å²) < 4.78 is 0. The standard InChI is InChI=1S/C21H21N/c1-14-10-16-6-4-8-18(16)12-20(14)22(3)21-13-19-9-5-7-17(19)11-15(21)2/h4-6,9-13H,7-8H2,1-3H3. The maximum atomic E-state index is 2.35. The van der Waals surface area contributed by atoms with Gasteiger partial charge in [0.05, 0.1) is 0 Å². The van der Waals surface area contributed by atoms with E-state index in [2.05, 4.69) is 74.4 Å². The second-order valence-corrected chi connectivity index (χ2v) is 6.45. The molecule has 2 aromatic rings. The number of nitrogens with zero attached hydrogens (tertiary/aromatic N) is 1. The monoisotopic (exact) mass is 287 g/mol. The molecule has 0 radical (unpaired) electrons. The highest BCUT2D eigenvalue weighted by Crippen LogP contribution is 2.36. The van der Waals surface area contributed by atoms with Crippen LogP contribution in [-0.4, -0.2) is 7.05 Å². The van der Waals surface area contributed by atoms with Crippen LogP contribution in [0.2, 0.25) is 0 Å². The molecular formula is C21H21N. The van der Waals surface area contributed by atoms with Crippen LogP contribution < -0.4 is 4.90 Å². The minimum absolute atomic E-state index is 1.06. The largest absolute Gasteiger partial charge is 0.344 e. The molecule has 0 atom stereocenters. The van der Waals surface area contributed by atoms with Gasteiger partial charge in [0.2, 0.25) is 0 Å². The van der Waals surface area contributed by atoms with Crippen LogP contribution in [0.4, 0.5) is 11.4 Å². The molecule has 0 heterocycles. The number of allylic oxidation sites excluding steroid dienone is 2. The van der Waals surface area contributed by atoms with Crippen molar-refractivity contribution in [1.29, 1.82) is 0 Å². The van der Waals surface area contributed by atoms with Crippen LogP contribution in [0.15, 0.2) is 36.4 Å². The van der Waals surface area contributed by atoms with E-state index in [-0.39, 0.29) is 0 Å². The number of rotatable bonds is 2. The van der Waals surface area contributed by atoms with E-state index in [4.69, 9.17) is 0 Å². The van der Waals surface area contributed by atoms with Crippen LogP contribution in [-0.2, 0) is 12.8 Å². The lowest BCUT2D eigenvalue weighted by Gasteiger charge is -2.25. The molecule has 1 heteroatoms. The van der Waals surface area contributed by atoms with Crippen molar-refractivity contribution in [2.75, 3.05) is 11.9 Å². The molecular weight excluding hydrogens is 266 g/mol. The summed E-state index contributed by atoms with van der Waals surface area (Å²) in [5.74, 6) is 0. The van der Waals surface area contributed by atoms with Gasteiger partial charge in [0.1, 0.15) is 0 Å². The van der Waals surface area contributed by atoms with Crippen LogP contribution in [0.1, 0.15) is 33.4 Å². The molecule has 0 saturated heterocycles. The molecule has 0 amide bonds. The zero-order valence-corrected chi connectivity index (χ0v) is 13.5. The van der Waals surface area contributed by atoms with E-state index in [0.29, 0.717) is 0 Å². The zero-order valence-electron chi connectivity index (χ0n) is 13.5. The summed E-state index contributed by atoms with van der Waals surface area (Å²) in [4.78, 5) is 2.34. The average Bonchev–Trinajstić information content (AvgIpc) is 3.12. The molecule has 0 fully saturated rings. The molecule has 0 aromatic heterocycles. The third kappa shape index (κ3) is 2.00. The summed E-state index contributed by atoms with van der Waals surface area (Å²) in [7, 11) is 2.19. The lowest BCUT2D eigenvalue weighted by Crippen LogP contribution is -2.13. The third-order valence-corrected chi connectivity index (χ3v) is 4.91. The van der Waals surface area contributed by atoms with E-state index in [1.807, 2.05) is 0 Å². The van der Waals surface area contributed by atoms with Gasteiger partial charge in [-0.25, -0.2) is 0 Å². The van der Waals surface area contributed by atoms with Gasteiger partial charge in [-0.15, -0.1) is 0 Å². The molecule has 0 N–H and O–H groups in total. The summed E-state index contributed by atoms with van der Waals surface area (Å²) >= 11 is 0. The summed E-state index contributed by atoms with van der Waals surface area (Å²) in [5, 5.41) is 0. The number of fused-ring (bicyclic) bond motifs is 2. The van der Waals surface area contributed by atoms with Gasteiger partial charge >= 0.3 is 0 Å². The van der Waals surface area contributed by atoms with Crippen molar-refractivity contribution in [3.05, 3.63) is 69.8 Å². The number of benzene rings is 2. The van der Waals surface area contributed by atoms with Gasteiger partial charge in [0.15, 0.2) is 0 Å². The lowest BCUT2D eigenvalue weighted by molar-refractivity contribution is 1.14. The van der Waals surface area contributed by atoms with E-state index >= 15 is 0 Å². The Kier molecular flexibility index (Phi) is 2.97. The van der Waals surface area contributed by atoms with Gasteiger partial charge in [-0.1, -0.05) is 30.4 Å². The number of hydrogen-bond acceptors (Lipinski definition) is 1. The Labute approximate surface area is 132 Å². The fraction of sp³-hybridized carbons (Fsp3) is 0.238. The Balaban J connectivity index is 1.79. The molecule has 22 heavy (non-hydrogen) atoms. The highest BCUT2D eigenvalue weighted by Gasteiger charge is 2.16. The molecule has 0 bridgehead atoms. The molecule has 0 saturated carbocycles. The van der Waals surface area contributed by atoms with Gasteiger partial charge in [0, 0.05) is 18.4 Å². The van der Waals surface area contributed by atoms with Crippen LogP contribution in [0.3, 0.4) is 0 Å². The van der Waals surface area contributed by atoms with Gasteiger partial charge in [-0.2, -0.15) is 0 Å². The Morgan fingerprint density at radius 2 is 1.27 bits per heavy atom. The fourth-order valence-electron chi connectivity index (χ4n) is 3.68. The first-order chi connectivity index (χ1) is 10.6. The second kappa shape index (κ2) is 4.88. The summed E-state index contributed by atoms with van der Waals surface area (Å²) in [6.45, 7) is 4.43. The SMILES string of the molecule is Cc1cc2c(cc1N(C)c1cc3c(cc1C)C=CC3)C=CC2. The van der Waals surface area contributed by atoms with Gasteiger partial charge in [-0.3, -0.25) is 0 Å². The van der Waals surface area contributed by atoms with Gasteiger partial charge in [-0.05, 0) is 78.3 Å². The highest BCUT2D eigenvalue weighted by molar-refractivity contribution is 5.76. The van der Waals surface area contributed by atoms with Gasteiger partial charge in [0.25, 0.3) is 0 Å². The predicted molar refractivity (Wildman–Crippen MR) is 95.9 cm³/mol. The molecule has 0 aliphatic heterocycles. The van der Waals surface area contributed by atoms with Crippen LogP contribution in [0.5, 0.6) is 0 Å². The first-order valence-corrected chi connectivity index (χ1v) is 7.97. The number of hydrogen-bond donors (Lipinski definition) is 0. The van der Waals surface area contributed by atoms with E-state index in [1.54, 1.807) is 0 Å². The van der Waals surface area contributed by atoms with E-state index in [0.717, 1.165) is 12.8 Å². The Morgan fingerprint density at radius 1 is 0.727 bits per heavy atom. The highest BCUT2D eigenvalue weighted by atomic mass is 15.1. The topological polar surface area (TPSA) is 3.24 Å². The van der Waals surface area contributed by atoms with E-state index in [1.165, 1.54) is 44.8 Å². The summed E-state index contributed by atoms with van der Waals surface area (Å²) in [6.07, 6.45) is 11.1. The molecule has 2 aliphatic rings. The minimum atomic E-state index is 1.06. The van der Waals surface area contributed by atoms with Crippen LogP contribution >= 0.6 is 0 Å². The Morgan fingerprint density at radius 3 is 2.00 bits per heavy atom. The maximum Gasteiger partial charge on any atom is 0.0444 e. The molecule has 1 nitrogen and oxygen atoms in total.